The van der Waals surface area contributed by atoms with Crippen molar-refractivity contribution in [2.75, 3.05) is 13.6 Å². The molecule has 0 amide bonds. The predicted octanol–water partition coefficient (Wildman–Crippen LogP) is 1.42. The normalized spacial score (nSPS) is 43.1. The van der Waals surface area contributed by atoms with Crippen molar-refractivity contribution >= 4 is 0 Å². The highest BCUT2D eigenvalue weighted by Gasteiger charge is 2.34. The first-order valence-electron chi connectivity index (χ1n) is 4.23. The summed E-state index contributed by atoms with van der Waals surface area (Å²) in [6.45, 7) is 1.21. The van der Waals surface area contributed by atoms with Crippen LogP contribution in [-0.4, -0.2) is 13.6 Å². The molecule has 1 nitrogen and oxygen atoms in total. The van der Waals surface area contributed by atoms with Gasteiger partial charge in [-0.25, -0.2) is 0 Å². The minimum Gasteiger partial charge on any atom is -0.319 e. The average molecular weight is 137 g/mol. The van der Waals surface area contributed by atoms with Gasteiger partial charge < -0.3 is 5.32 Å². The zero-order valence-corrected chi connectivity index (χ0v) is 6.51. The van der Waals surface area contributed by atoms with Crippen molar-refractivity contribution < 1.29 is 0 Å². The van der Waals surface area contributed by atoms with Crippen LogP contribution >= 0.6 is 0 Å². The van der Waals surface area contributed by atoms with Crippen LogP contribution in [0.1, 0.15) is 12.8 Å². The first-order chi connectivity index (χ1) is 4.90. The minimum absolute atomic E-state index is 0.914. The summed E-state index contributed by atoms with van der Waals surface area (Å²) in [7, 11) is 2.05. The van der Waals surface area contributed by atoms with Crippen LogP contribution in [-0.2, 0) is 0 Å². The van der Waals surface area contributed by atoms with E-state index in [2.05, 4.69) is 24.5 Å². The van der Waals surface area contributed by atoms with Gasteiger partial charge in [0.15, 0.2) is 0 Å². The van der Waals surface area contributed by atoms with Crippen LogP contribution in [0.4, 0.5) is 0 Å². The number of fused-ring (bicyclic) bond motifs is 2. The smallest absolute Gasteiger partial charge is 0.00177 e. The van der Waals surface area contributed by atoms with E-state index in [9.17, 15) is 0 Å². The molecule has 10 heavy (non-hydrogen) atoms. The van der Waals surface area contributed by atoms with Crippen LogP contribution in [0.15, 0.2) is 12.2 Å². The van der Waals surface area contributed by atoms with Gasteiger partial charge in [-0.05, 0) is 44.2 Å². The van der Waals surface area contributed by atoms with Gasteiger partial charge in [-0.1, -0.05) is 12.2 Å². The zero-order valence-electron chi connectivity index (χ0n) is 6.51. The fourth-order valence-electron chi connectivity index (χ4n) is 2.39. The summed E-state index contributed by atoms with van der Waals surface area (Å²) in [5, 5.41) is 3.26. The highest BCUT2D eigenvalue weighted by atomic mass is 14.8. The van der Waals surface area contributed by atoms with E-state index in [4.69, 9.17) is 0 Å². The van der Waals surface area contributed by atoms with Crippen molar-refractivity contribution in [1.29, 1.82) is 0 Å². The molecule has 2 aliphatic carbocycles. The van der Waals surface area contributed by atoms with Gasteiger partial charge in [-0.3, -0.25) is 0 Å². The highest BCUT2D eigenvalue weighted by Crippen LogP contribution is 2.42. The minimum atomic E-state index is 0.914. The van der Waals surface area contributed by atoms with Crippen LogP contribution in [0.5, 0.6) is 0 Å². The standard InChI is InChI=1S/C9H15N/c1-10-6-9-5-7-2-3-8(9)4-7/h2-3,7-10H,4-6H2,1H3/t7-,8+,9+/m1/s1. The summed E-state index contributed by atoms with van der Waals surface area (Å²) in [6, 6.07) is 0. The maximum Gasteiger partial charge on any atom is -0.00177 e. The lowest BCUT2D eigenvalue weighted by molar-refractivity contribution is 0.430. The molecule has 0 saturated heterocycles. The Labute approximate surface area is 62.5 Å². The summed E-state index contributed by atoms with van der Waals surface area (Å²) in [5.74, 6) is 2.79. The molecule has 1 saturated carbocycles. The molecule has 0 aromatic heterocycles. The van der Waals surface area contributed by atoms with Crippen molar-refractivity contribution in [3.63, 3.8) is 0 Å². The van der Waals surface area contributed by atoms with Gasteiger partial charge in [-0.15, -0.1) is 0 Å². The quantitative estimate of drug-likeness (QED) is 0.567. The van der Waals surface area contributed by atoms with E-state index in [-0.39, 0.29) is 0 Å². The molecule has 3 atom stereocenters. The first kappa shape index (κ1) is 6.41. The van der Waals surface area contributed by atoms with Crippen molar-refractivity contribution in [3.8, 4) is 0 Å². The van der Waals surface area contributed by atoms with E-state index in [1.807, 2.05) is 0 Å². The van der Waals surface area contributed by atoms with Crippen molar-refractivity contribution in [1.82, 2.24) is 5.32 Å². The second-order valence-corrected chi connectivity index (χ2v) is 3.60. The largest absolute Gasteiger partial charge is 0.319 e. The lowest BCUT2D eigenvalue weighted by atomic mass is 9.94. The third-order valence-corrected chi connectivity index (χ3v) is 2.88. The van der Waals surface area contributed by atoms with E-state index >= 15 is 0 Å². The van der Waals surface area contributed by atoms with E-state index in [0.29, 0.717) is 0 Å². The first-order valence-corrected chi connectivity index (χ1v) is 4.23. The third-order valence-electron chi connectivity index (χ3n) is 2.88. The fourth-order valence-corrected chi connectivity index (χ4v) is 2.39. The maximum absolute atomic E-state index is 3.26. The maximum atomic E-state index is 3.26. The highest BCUT2D eigenvalue weighted by molar-refractivity contribution is 5.10. The Morgan fingerprint density at radius 1 is 1.40 bits per heavy atom. The molecular weight excluding hydrogens is 122 g/mol. The molecule has 0 unspecified atom stereocenters. The lowest BCUT2D eigenvalue weighted by Crippen LogP contribution is -2.21. The van der Waals surface area contributed by atoms with Gasteiger partial charge >= 0.3 is 0 Å². The second-order valence-electron chi connectivity index (χ2n) is 3.60. The van der Waals surface area contributed by atoms with Crippen LogP contribution in [0.2, 0.25) is 0 Å². The van der Waals surface area contributed by atoms with Gasteiger partial charge in [0.05, 0.1) is 0 Å². The van der Waals surface area contributed by atoms with Crippen LogP contribution in [0.25, 0.3) is 0 Å². The average Bonchev–Trinajstić information content (AvgIpc) is 2.48. The Hall–Kier alpha value is -0.300. The third kappa shape index (κ3) is 0.891. The van der Waals surface area contributed by atoms with Crippen LogP contribution in [0.3, 0.4) is 0 Å². The monoisotopic (exact) mass is 137 g/mol. The fraction of sp³-hybridized carbons (Fsp3) is 0.778. The Morgan fingerprint density at radius 3 is 2.80 bits per heavy atom. The Morgan fingerprint density at radius 2 is 2.30 bits per heavy atom. The van der Waals surface area contributed by atoms with Crippen molar-refractivity contribution in [3.05, 3.63) is 12.2 Å². The van der Waals surface area contributed by atoms with E-state index in [0.717, 1.165) is 17.8 Å². The molecular formula is C9H15N. The van der Waals surface area contributed by atoms with E-state index < -0.39 is 0 Å². The van der Waals surface area contributed by atoms with Gasteiger partial charge in [0.1, 0.15) is 0 Å². The molecule has 2 rings (SSSR count). The Balaban J connectivity index is 1.96. The molecule has 2 aliphatic rings. The molecule has 0 spiro atoms. The topological polar surface area (TPSA) is 12.0 Å². The summed E-state index contributed by atoms with van der Waals surface area (Å²) < 4.78 is 0. The number of nitrogens with one attached hydrogen (secondary N) is 1. The number of hydrogen-bond donors (Lipinski definition) is 1. The van der Waals surface area contributed by atoms with E-state index in [1.54, 1.807) is 0 Å². The predicted molar refractivity (Wildman–Crippen MR) is 42.8 cm³/mol. The molecule has 1 fully saturated rings. The molecule has 2 bridgehead atoms. The molecule has 1 N–H and O–H groups in total. The lowest BCUT2D eigenvalue weighted by Gasteiger charge is -2.16. The SMILES string of the molecule is CNC[C@@H]1C[C@@H]2C=C[C@H]1C2. The molecule has 0 heterocycles. The number of hydrogen-bond acceptors (Lipinski definition) is 1. The van der Waals surface area contributed by atoms with Gasteiger partial charge in [0.2, 0.25) is 0 Å². The molecule has 0 aromatic carbocycles. The van der Waals surface area contributed by atoms with E-state index in [1.165, 1.54) is 19.4 Å². The zero-order chi connectivity index (χ0) is 6.97. The summed E-state index contributed by atoms with van der Waals surface area (Å²) in [4.78, 5) is 0. The van der Waals surface area contributed by atoms with Crippen molar-refractivity contribution in [2.45, 2.75) is 12.8 Å². The molecule has 1 heteroatoms. The summed E-state index contributed by atoms with van der Waals surface area (Å²) in [5.41, 5.74) is 0. The van der Waals surface area contributed by atoms with Crippen LogP contribution < -0.4 is 5.32 Å². The Bertz CT molecular complexity index is 151. The van der Waals surface area contributed by atoms with Gasteiger partial charge in [0, 0.05) is 0 Å². The number of allylic oxidation sites excluding steroid dienone is 2. The molecule has 0 aliphatic heterocycles. The molecule has 56 valence electrons. The summed E-state index contributed by atoms with van der Waals surface area (Å²) in [6.07, 6.45) is 7.68. The van der Waals surface area contributed by atoms with Gasteiger partial charge in [-0.2, -0.15) is 0 Å². The summed E-state index contributed by atoms with van der Waals surface area (Å²) >= 11 is 0. The van der Waals surface area contributed by atoms with Crippen molar-refractivity contribution in [2.24, 2.45) is 17.8 Å². The molecule has 0 aromatic rings. The van der Waals surface area contributed by atoms with Gasteiger partial charge in [0.25, 0.3) is 0 Å². The van der Waals surface area contributed by atoms with Crippen LogP contribution in [0, 0.1) is 17.8 Å². The number of rotatable bonds is 2. The second kappa shape index (κ2) is 2.39. The Kier molecular flexibility index (Phi) is 1.53. The molecule has 0 radical (unpaired) electrons.